The Morgan fingerprint density at radius 3 is 2.88 bits per heavy atom. The predicted octanol–water partition coefficient (Wildman–Crippen LogP) is 2.76. The molecule has 2 N–H and O–H groups in total. The Bertz CT molecular complexity index is 886. The highest BCUT2D eigenvalue weighted by Gasteiger charge is 2.07. The van der Waals surface area contributed by atoms with Crippen molar-refractivity contribution < 1.29 is 14.0 Å². The molecule has 3 rings (SSSR count). The Morgan fingerprint density at radius 2 is 2.04 bits per heavy atom. The van der Waals surface area contributed by atoms with Gasteiger partial charge in [-0.25, -0.2) is 4.98 Å². The summed E-state index contributed by atoms with van der Waals surface area (Å²) in [5, 5.41) is 5.54. The van der Waals surface area contributed by atoms with E-state index in [1.807, 2.05) is 18.2 Å². The molecule has 6 heteroatoms. The van der Waals surface area contributed by atoms with E-state index in [-0.39, 0.29) is 11.8 Å². The Kier molecular flexibility index (Phi) is 4.56. The number of carbonyl (C=O) groups excluding carboxylic acids is 2. The molecule has 0 aliphatic carbocycles. The molecule has 122 valence electrons. The lowest BCUT2D eigenvalue weighted by molar-refractivity contribution is -0.114. The van der Waals surface area contributed by atoms with Crippen LogP contribution >= 0.6 is 0 Å². The zero-order valence-corrected chi connectivity index (χ0v) is 13.2. The maximum absolute atomic E-state index is 12.2. The molecular weight excluding hydrogens is 306 g/mol. The van der Waals surface area contributed by atoms with E-state index in [0.717, 1.165) is 16.7 Å². The van der Waals surface area contributed by atoms with Gasteiger partial charge in [0, 0.05) is 24.7 Å². The fraction of sp³-hybridized carbons (Fsp3) is 0.167. The van der Waals surface area contributed by atoms with Crippen LogP contribution in [0.3, 0.4) is 0 Å². The van der Waals surface area contributed by atoms with Crippen molar-refractivity contribution >= 4 is 28.6 Å². The van der Waals surface area contributed by atoms with Gasteiger partial charge in [-0.05, 0) is 42.3 Å². The lowest BCUT2D eigenvalue weighted by Gasteiger charge is -2.07. The molecule has 0 spiro atoms. The van der Waals surface area contributed by atoms with Gasteiger partial charge in [-0.1, -0.05) is 12.1 Å². The van der Waals surface area contributed by atoms with Crippen LogP contribution in [0.25, 0.3) is 11.1 Å². The third kappa shape index (κ3) is 3.78. The second-order valence-corrected chi connectivity index (χ2v) is 5.42. The lowest BCUT2D eigenvalue weighted by Crippen LogP contribution is -2.25. The quantitative estimate of drug-likeness (QED) is 0.756. The number of benzene rings is 2. The average molecular weight is 323 g/mol. The number of nitrogens with one attached hydrogen (secondary N) is 2. The van der Waals surface area contributed by atoms with Crippen LogP contribution in [0.1, 0.15) is 22.8 Å². The topological polar surface area (TPSA) is 84.2 Å². The molecule has 2 amide bonds. The van der Waals surface area contributed by atoms with E-state index in [4.69, 9.17) is 4.42 Å². The Morgan fingerprint density at radius 1 is 1.17 bits per heavy atom. The minimum atomic E-state index is -0.176. The monoisotopic (exact) mass is 323 g/mol. The normalized spacial score (nSPS) is 10.5. The highest BCUT2D eigenvalue weighted by atomic mass is 16.3. The van der Waals surface area contributed by atoms with Gasteiger partial charge in [-0.2, -0.15) is 0 Å². The van der Waals surface area contributed by atoms with E-state index in [1.54, 1.807) is 24.3 Å². The van der Waals surface area contributed by atoms with E-state index in [0.29, 0.717) is 24.2 Å². The molecule has 0 fully saturated rings. The lowest BCUT2D eigenvalue weighted by atomic mass is 10.1. The summed E-state index contributed by atoms with van der Waals surface area (Å²) in [6, 6.07) is 12.6. The summed E-state index contributed by atoms with van der Waals surface area (Å²) in [7, 11) is 0. The van der Waals surface area contributed by atoms with Crippen molar-refractivity contribution in [3.8, 4) is 0 Å². The van der Waals surface area contributed by atoms with Crippen LogP contribution in [-0.2, 0) is 11.2 Å². The Balaban J connectivity index is 1.58. The molecule has 6 nitrogen and oxygen atoms in total. The molecule has 0 unspecified atom stereocenters. The standard InChI is InChI=1S/C18H17N3O3/c1-12(22)21-15-4-2-3-14(10-15)18(23)19-8-7-13-5-6-17-16(9-13)20-11-24-17/h2-6,9-11H,7-8H2,1H3,(H,19,23)(H,21,22). The number of fused-ring (bicyclic) bond motifs is 1. The number of aromatic nitrogens is 1. The number of anilines is 1. The number of carbonyl (C=O) groups is 2. The molecule has 3 aromatic rings. The molecule has 0 bridgehead atoms. The first-order valence-corrected chi connectivity index (χ1v) is 7.60. The van der Waals surface area contributed by atoms with Crippen LogP contribution in [0, 0.1) is 0 Å². The van der Waals surface area contributed by atoms with E-state index in [9.17, 15) is 9.59 Å². The molecule has 24 heavy (non-hydrogen) atoms. The van der Waals surface area contributed by atoms with E-state index < -0.39 is 0 Å². The molecule has 0 atom stereocenters. The summed E-state index contributed by atoms with van der Waals surface area (Å²) < 4.78 is 5.20. The van der Waals surface area contributed by atoms with Crippen molar-refractivity contribution in [2.75, 3.05) is 11.9 Å². The summed E-state index contributed by atoms with van der Waals surface area (Å²) in [6.45, 7) is 1.94. The Labute approximate surface area is 138 Å². The first-order chi connectivity index (χ1) is 11.6. The van der Waals surface area contributed by atoms with E-state index in [1.165, 1.54) is 13.3 Å². The van der Waals surface area contributed by atoms with Crippen molar-refractivity contribution in [2.45, 2.75) is 13.3 Å². The summed E-state index contributed by atoms with van der Waals surface area (Å²) in [5.41, 5.74) is 3.74. The van der Waals surface area contributed by atoms with Crippen LogP contribution < -0.4 is 10.6 Å². The van der Waals surface area contributed by atoms with Crippen molar-refractivity contribution in [1.82, 2.24) is 10.3 Å². The molecule has 1 aromatic heterocycles. The van der Waals surface area contributed by atoms with Crippen molar-refractivity contribution in [3.63, 3.8) is 0 Å². The Hall–Kier alpha value is -3.15. The maximum atomic E-state index is 12.2. The van der Waals surface area contributed by atoms with Gasteiger partial charge in [0.2, 0.25) is 5.91 Å². The van der Waals surface area contributed by atoms with Crippen LogP contribution in [0.2, 0.25) is 0 Å². The number of hydrogen-bond acceptors (Lipinski definition) is 4. The third-order valence-corrected chi connectivity index (χ3v) is 3.54. The van der Waals surface area contributed by atoms with Crippen molar-refractivity contribution in [3.05, 3.63) is 60.0 Å². The smallest absolute Gasteiger partial charge is 0.251 e. The van der Waals surface area contributed by atoms with Gasteiger partial charge in [0.25, 0.3) is 5.91 Å². The summed E-state index contributed by atoms with van der Waals surface area (Å²) >= 11 is 0. The highest BCUT2D eigenvalue weighted by Crippen LogP contribution is 2.14. The SMILES string of the molecule is CC(=O)Nc1cccc(C(=O)NCCc2ccc3ocnc3c2)c1. The highest BCUT2D eigenvalue weighted by molar-refractivity contribution is 5.96. The molecule has 2 aromatic carbocycles. The number of amides is 2. The van der Waals surface area contributed by atoms with Gasteiger partial charge >= 0.3 is 0 Å². The van der Waals surface area contributed by atoms with Crippen LogP contribution in [0.5, 0.6) is 0 Å². The molecule has 0 radical (unpaired) electrons. The van der Waals surface area contributed by atoms with Crippen LogP contribution in [-0.4, -0.2) is 23.3 Å². The van der Waals surface area contributed by atoms with Crippen LogP contribution in [0.4, 0.5) is 5.69 Å². The molecule has 0 aliphatic rings. The number of nitrogens with zero attached hydrogens (tertiary/aromatic N) is 1. The first kappa shape index (κ1) is 15.7. The number of oxazole rings is 1. The van der Waals surface area contributed by atoms with Gasteiger partial charge in [0.05, 0.1) is 0 Å². The minimum Gasteiger partial charge on any atom is -0.443 e. The number of rotatable bonds is 5. The fourth-order valence-corrected chi connectivity index (χ4v) is 2.42. The summed E-state index contributed by atoms with van der Waals surface area (Å²) in [6.07, 6.45) is 2.11. The second kappa shape index (κ2) is 6.95. The summed E-state index contributed by atoms with van der Waals surface area (Å²) in [5.74, 6) is -0.347. The van der Waals surface area contributed by atoms with E-state index >= 15 is 0 Å². The van der Waals surface area contributed by atoms with Gasteiger partial charge in [0.15, 0.2) is 12.0 Å². The first-order valence-electron chi connectivity index (χ1n) is 7.60. The molecule has 0 saturated carbocycles. The largest absolute Gasteiger partial charge is 0.443 e. The van der Waals surface area contributed by atoms with E-state index in [2.05, 4.69) is 15.6 Å². The molecule has 0 saturated heterocycles. The minimum absolute atomic E-state index is 0.171. The van der Waals surface area contributed by atoms with Crippen LogP contribution in [0.15, 0.2) is 53.3 Å². The summed E-state index contributed by atoms with van der Waals surface area (Å²) in [4.78, 5) is 27.4. The number of hydrogen-bond donors (Lipinski definition) is 2. The molecule has 0 aliphatic heterocycles. The van der Waals surface area contributed by atoms with Crippen molar-refractivity contribution in [2.24, 2.45) is 0 Å². The molecule has 1 heterocycles. The fourth-order valence-electron chi connectivity index (χ4n) is 2.42. The zero-order valence-electron chi connectivity index (χ0n) is 13.2. The maximum Gasteiger partial charge on any atom is 0.251 e. The average Bonchev–Trinajstić information content (AvgIpc) is 3.02. The van der Waals surface area contributed by atoms with Crippen molar-refractivity contribution in [1.29, 1.82) is 0 Å². The predicted molar refractivity (Wildman–Crippen MR) is 90.8 cm³/mol. The van der Waals surface area contributed by atoms with Gasteiger partial charge in [-0.15, -0.1) is 0 Å². The van der Waals surface area contributed by atoms with Gasteiger partial charge in [-0.3, -0.25) is 9.59 Å². The van der Waals surface area contributed by atoms with Gasteiger partial charge < -0.3 is 15.1 Å². The second-order valence-electron chi connectivity index (χ2n) is 5.42. The third-order valence-electron chi connectivity index (χ3n) is 3.54. The van der Waals surface area contributed by atoms with Gasteiger partial charge in [0.1, 0.15) is 5.52 Å². The molecular formula is C18H17N3O3. The zero-order chi connectivity index (χ0) is 16.9.